The molecule has 2 aliphatic heterocycles. The number of aromatic nitrogens is 2. The van der Waals surface area contributed by atoms with E-state index < -0.39 is 25.6 Å². The van der Waals surface area contributed by atoms with Gasteiger partial charge in [0.2, 0.25) is 20.0 Å². The van der Waals surface area contributed by atoms with E-state index in [4.69, 9.17) is 14.2 Å². The lowest BCUT2D eigenvalue weighted by Gasteiger charge is -2.40. The number of nitrogens with one attached hydrogen (secondary N) is 3. The molecule has 0 spiro atoms. The average molecular weight is 851 g/mol. The Labute approximate surface area is 349 Å². The maximum atomic E-state index is 12.3. The van der Waals surface area contributed by atoms with Gasteiger partial charge in [0.15, 0.2) is 0 Å². The topological polar surface area (TPSA) is 178 Å². The molecule has 0 unspecified atom stereocenters. The predicted octanol–water partition coefficient (Wildman–Crippen LogP) is 5.59. The molecule has 0 radical (unpaired) electrons. The lowest BCUT2D eigenvalue weighted by atomic mass is 10.0. The molecule has 14 nitrogen and oxygen atoms in total. The maximum absolute atomic E-state index is 12.3. The Morgan fingerprint density at radius 3 is 1.68 bits per heavy atom. The van der Waals surface area contributed by atoms with E-state index in [0.29, 0.717) is 51.1 Å². The summed E-state index contributed by atoms with van der Waals surface area (Å²) in [5.41, 5.74) is 5.81. The molecule has 1 amide bonds. The molecule has 4 heterocycles. The molecule has 2 aliphatic rings. The molecule has 2 saturated heterocycles. The summed E-state index contributed by atoms with van der Waals surface area (Å²) in [6.07, 6.45) is 14.1. The molecule has 2 atom stereocenters. The van der Waals surface area contributed by atoms with Crippen LogP contribution in [-0.2, 0) is 37.6 Å². The lowest BCUT2D eigenvalue weighted by molar-refractivity contribution is -0.0141. The molecule has 4 aromatic rings. The van der Waals surface area contributed by atoms with Crippen molar-refractivity contribution >= 4 is 26.1 Å². The van der Waals surface area contributed by atoms with E-state index in [0.717, 1.165) is 78.5 Å². The number of hydrogen-bond donors (Lipinski definition) is 3. The van der Waals surface area contributed by atoms with Crippen LogP contribution in [0.15, 0.2) is 85.5 Å². The summed E-state index contributed by atoms with van der Waals surface area (Å²) in [4.78, 5) is 22.6. The van der Waals surface area contributed by atoms with E-state index in [-0.39, 0.29) is 12.1 Å². The Bertz CT molecular complexity index is 2210. The third kappa shape index (κ3) is 16.2. The van der Waals surface area contributed by atoms with Gasteiger partial charge in [-0.25, -0.2) is 31.1 Å². The Morgan fingerprint density at radius 2 is 1.25 bits per heavy atom. The number of rotatable bonds is 18. The predicted molar refractivity (Wildman–Crippen MR) is 230 cm³/mol. The Balaban J connectivity index is 0.000000230. The molecule has 2 fully saturated rings. The first-order valence-electron chi connectivity index (χ1n) is 20.0. The number of likely N-dealkylation sites (tertiary alicyclic amines) is 1. The number of carbonyl (C=O) groups is 1. The van der Waals surface area contributed by atoms with Gasteiger partial charge in [-0.2, -0.15) is 0 Å². The van der Waals surface area contributed by atoms with Crippen molar-refractivity contribution in [3.63, 3.8) is 0 Å². The second-order valence-corrected chi connectivity index (χ2v) is 19.6. The van der Waals surface area contributed by atoms with Crippen molar-refractivity contribution < 1.29 is 35.8 Å². The van der Waals surface area contributed by atoms with Gasteiger partial charge in [0.05, 0.1) is 30.9 Å². The van der Waals surface area contributed by atoms with E-state index in [2.05, 4.69) is 42.9 Å². The molecule has 0 aliphatic carbocycles. The summed E-state index contributed by atoms with van der Waals surface area (Å²) in [5.74, 6) is 1.42. The van der Waals surface area contributed by atoms with E-state index in [9.17, 15) is 21.6 Å². The molecule has 59 heavy (non-hydrogen) atoms. The first-order valence-corrected chi connectivity index (χ1v) is 23.7. The number of hydrogen-bond acceptors (Lipinski definition) is 11. The minimum atomic E-state index is -3.16. The zero-order valence-corrected chi connectivity index (χ0v) is 36.3. The van der Waals surface area contributed by atoms with Crippen molar-refractivity contribution in [2.24, 2.45) is 0 Å². The van der Waals surface area contributed by atoms with E-state index in [1.807, 2.05) is 69.4 Å². The summed E-state index contributed by atoms with van der Waals surface area (Å²) in [6.45, 7) is 9.22. The second kappa shape index (κ2) is 21.1. The van der Waals surface area contributed by atoms with Gasteiger partial charge in [-0.05, 0) is 100 Å². The largest absolute Gasteiger partial charge is 0.490 e. The van der Waals surface area contributed by atoms with Crippen LogP contribution in [0.1, 0.15) is 57.6 Å². The summed E-state index contributed by atoms with van der Waals surface area (Å²) in [5, 5.41) is 3.31. The molecular formula is C43H58N6O8S2. The Kier molecular flexibility index (Phi) is 16.2. The number of ether oxygens (including phenoxy) is 3. The van der Waals surface area contributed by atoms with Gasteiger partial charge < -0.3 is 24.4 Å². The van der Waals surface area contributed by atoms with Crippen LogP contribution in [0.4, 0.5) is 4.79 Å². The zero-order chi connectivity index (χ0) is 42.5. The van der Waals surface area contributed by atoms with Crippen molar-refractivity contribution in [3.05, 3.63) is 96.6 Å². The van der Waals surface area contributed by atoms with Crippen molar-refractivity contribution in [3.8, 4) is 33.8 Å². The highest BCUT2D eigenvalue weighted by Gasteiger charge is 2.35. The zero-order valence-electron chi connectivity index (χ0n) is 34.6. The Morgan fingerprint density at radius 1 is 0.746 bits per heavy atom. The van der Waals surface area contributed by atoms with Crippen molar-refractivity contribution in [2.75, 3.05) is 51.9 Å². The van der Waals surface area contributed by atoms with E-state index in [1.54, 1.807) is 23.5 Å². The minimum absolute atomic E-state index is 0.00706. The van der Waals surface area contributed by atoms with Crippen molar-refractivity contribution in [1.82, 2.24) is 29.6 Å². The van der Waals surface area contributed by atoms with Crippen LogP contribution in [-0.4, -0.2) is 107 Å². The van der Waals surface area contributed by atoms with Gasteiger partial charge in [0, 0.05) is 49.2 Å². The fourth-order valence-corrected chi connectivity index (χ4v) is 7.31. The number of amides is 1. The monoisotopic (exact) mass is 850 g/mol. The fourth-order valence-electron chi connectivity index (χ4n) is 6.28. The summed E-state index contributed by atoms with van der Waals surface area (Å²) < 4.78 is 66.8. The van der Waals surface area contributed by atoms with Gasteiger partial charge >= 0.3 is 6.09 Å². The molecular weight excluding hydrogens is 793 g/mol. The molecule has 2 aromatic carbocycles. The van der Waals surface area contributed by atoms with Gasteiger partial charge in [-0.15, -0.1) is 0 Å². The first kappa shape index (κ1) is 45.5. The number of sulfonamides is 2. The average Bonchev–Trinajstić information content (AvgIpc) is 3.13. The normalized spacial score (nSPS) is 16.5. The number of benzene rings is 2. The fraction of sp³-hybridized carbons (Fsp3) is 0.465. The number of pyridine rings is 2. The molecule has 0 bridgehead atoms. The number of aryl methyl sites for hydroxylation is 2. The van der Waals surface area contributed by atoms with Gasteiger partial charge in [-0.3, -0.25) is 9.97 Å². The third-order valence-electron chi connectivity index (χ3n) is 9.55. The van der Waals surface area contributed by atoms with Crippen LogP contribution >= 0.6 is 0 Å². The molecule has 6 rings (SSSR count). The number of nitrogens with zero attached hydrogens (tertiary/aromatic N) is 3. The molecule has 3 N–H and O–H groups in total. The smallest absolute Gasteiger partial charge is 0.410 e. The first-order chi connectivity index (χ1) is 28.0. The molecule has 0 saturated carbocycles. The highest BCUT2D eigenvalue weighted by Crippen LogP contribution is 2.27. The highest BCUT2D eigenvalue weighted by atomic mass is 32.2. The maximum Gasteiger partial charge on any atom is 0.410 e. The van der Waals surface area contributed by atoms with Gasteiger partial charge in [-0.1, -0.05) is 48.5 Å². The van der Waals surface area contributed by atoms with Crippen LogP contribution in [0, 0.1) is 0 Å². The number of carbonyl (C=O) groups excluding carboxylic acids is 1. The van der Waals surface area contributed by atoms with Gasteiger partial charge in [0.25, 0.3) is 0 Å². The van der Waals surface area contributed by atoms with Crippen molar-refractivity contribution in [2.45, 2.75) is 77.0 Å². The SMILES string of the molecule is CC(C)(C)OC(=O)N1CC[C@H]1COc1cncc(-c2cccc(CCCNS(C)(=O)=O)c2)c1.CS(=O)(=O)NCCCc1cccc(-c2cncc(OC[C@@H]3CCN3)c2)c1. The molecule has 320 valence electrons. The van der Waals surface area contributed by atoms with Crippen molar-refractivity contribution in [1.29, 1.82) is 0 Å². The van der Waals surface area contributed by atoms with Crippen LogP contribution in [0.25, 0.3) is 22.3 Å². The van der Waals surface area contributed by atoms with Crippen LogP contribution in [0.2, 0.25) is 0 Å². The second-order valence-electron chi connectivity index (χ2n) is 15.9. The van der Waals surface area contributed by atoms with E-state index >= 15 is 0 Å². The molecule has 16 heteroatoms. The third-order valence-corrected chi connectivity index (χ3v) is 11.0. The Hall–Kier alpha value is -4.61. The van der Waals surface area contributed by atoms with Crippen LogP contribution in [0.5, 0.6) is 11.5 Å². The van der Waals surface area contributed by atoms with Gasteiger partial charge in [0.1, 0.15) is 30.3 Å². The summed E-state index contributed by atoms with van der Waals surface area (Å²) in [7, 11) is -6.28. The standard InChI is InChI=1S/C24H33N3O5S.C19H25N3O3S/c1-24(2,3)32-23(28)27-12-10-21(27)17-31-22-14-20(15-25-16-22)19-9-5-7-18(13-19)8-6-11-26-33(4,29)30;1-26(23,24)22-8-3-5-15-4-2-6-16(10-15)17-11-19(13-20-12-17)25-14-18-7-9-21-18/h5,7,9,13-16,21,26H,6,8,10-12,17H2,1-4H3;2,4,6,10-13,18,21-22H,3,5,7-9,14H2,1H3/t21-;18-/m00/s1. The summed E-state index contributed by atoms with van der Waals surface area (Å²) >= 11 is 0. The molecule has 2 aromatic heterocycles. The summed E-state index contributed by atoms with van der Waals surface area (Å²) in [6, 6.07) is 20.7. The van der Waals surface area contributed by atoms with E-state index in [1.165, 1.54) is 11.8 Å². The lowest BCUT2D eigenvalue weighted by Crippen LogP contribution is -2.55. The minimum Gasteiger partial charge on any atom is -0.490 e. The van der Waals surface area contributed by atoms with Crippen LogP contribution in [0.3, 0.4) is 0 Å². The van der Waals surface area contributed by atoms with Crippen LogP contribution < -0.4 is 24.2 Å². The quantitative estimate of drug-likeness (QED) is 0.106. The highest BCUT2D eigenvalue weighted by molar-refractivity contribution is 7.89.